The van der Waals surface area contributed by atoms with E-state index in [1.807, 2.05) is 6.07 Å². The summed E-state index contributed by atoms with van der Waals surface area (Å²) < 4.78 is 0. The summed E-state index contributed by atoms with van der Waals surface area (Å²) in [6.45, 7) is 2.23. The molecule has 0 aliphatic carbocycles. The van der Waals surface area contributed by atoms with E-state index in [0.717, 1.165) is 24.8 Å². The van der Waals surface area contributed by atoms with Crippen molar-refractivity contribution in [2.45, 2.75) is 18.9 Å². The molecule has 1 aliphatic rings. The zero-order valence-corrected chi connectivity index (χ0v) is 9.48. The molecule has 15 heavy (non-hydrogen) atoms. The maximum atomic E-state index is 4.04. The number of rotatable bonds is 2. The van der Waals surface area contributed by atoms with E-state index in [9.17, 15) is 0 Å². The van der Waals surface area contributed by atoms with E-state index in [2.05, 4.69) is 41.1 Å². The lowest BCUT2D eigenvalue weighted by Crippen LogP contribution is -2.42. The van der Waals surface area contributed by atoms with E-state index >= 15 is 0 Å². The van der Waals surface area contributed by atoms with Gasteiger partial charge in [0, 0.05) is 25.3 Å². The molecular weight excluding hydrogens is 186 g/mol. The van der Waals surface area contributed by atoms with Gasteiger partial charge in [0.2, 0.25) is 0 Å². The van der Waals surface area contributed by atoms with E-state index in [-0.39, 0.29) is 0 Å². The van der Waals surface area contributed by atoms with Crippen LogP contribution in [-0.2, 0) is 0 Å². The van der Waals surface area contributed by atoms with E-state index in [4.69, 9.17) is 0 Å². The lowest BCUT2D eigenvalue weighted by atomic mass is 10.0. The molecule has 0 N–H and O–H groups in total. The molecule has 2 heterocycles. The molecule has 0 spiro atoms. The SMILES string of the molecule is CN(C)C1CCN(c2[c]nccc2)CC1. The monoisotopic (exact) mass is 204 g/mol. The van der Waals surface area contributed by atoms with Gasteiger partial charge in [-0.05, 0) is 39.1 Å². The molecule has 1 aromatic rings. The number of anilines is 1. The summed E-state index contributed by atoms with van der Waals surface area (Å²) in [7, 11) is 4.33. The van der Waals surface area contributed by atoms with E-state index < -0.39 is 0 Å². The Bertz CT molecular complexity index is 289. The summed E-state index contributed by atoms with van der Waals surface area (Å²) in [5.41, 5.74) is 1.13. The van der Waals surface area contributed by atoms with Gasteiger partial charge in [-0.15, -0.1) is 0 Å². The Kier molecular flexibility index (Phi) is 3.21. The highest BCUT2D eigenvalue weighted by molar-refractivity contribution is 5.42. The molecule has 2 rings (SSSR count). The predicted octanol–water partition coefficient (Wildman–Crippen LogP) is 1.41. The van der Waals surface area contributed by atoms with Crippen molar-refractivity contribution in [1.82, 2.24) is 9.88 Å². The topological polar surface area (TPSA) is 19.4 Å². The first-order chi connectivity index (χ1) is 7.27. The molecule has 1 aromatic heterocycles. The van der Waals surface area contributed by atoms with Crippen molar-refractivity contribution in [2.75, 3.05) is 32.1 Å². The fourth-order valence-electron chi connectivity index (χ4n) is 2.12. The fraction of sp³-hybridized carbons (Fsp3) is 0.583. The number of nitrogens with zero attached hydrogens (tertiary/aromatic N) is 3. The van der Waals surface area contributed by atoms with Crippen LogP contribution in [0.15, 0.2) is 18.3 Å². The molecule has 0 atom stereocenters. The zero-order valence-electron chi connectivity index (χ0n) is 9.48. The minimum Gasteiger partial charge on any atom is -0.370 e. The maximum absolute atomic E-state index is 4.04. The van der Waals surface area contributed by atoms with Gasteiger partial charge in [0.15, 0.2) is 0 Å². The first kappa shape index (κ1) is 10.4. The average molecular weight is 204 g/mol. The normalized spacial score (nSPS) is 18.5. The van der Waals surface area contributed by atoms with E-state index in [0.29, 0.717) is 0 Å². The van der Waals surface area contributed by atoms with Gasteiger partial charge in [-0.25, -0.2) is 0 Å². The minimum atomic E-state index is 0.734. The molecule has 0 amide bonds. The molecule has 1 saturated heterocycles. The summed E-state index contributed by atoms with van der Waals surface area (Å²) in [5.74, 6) is 0. The molecule has 3 heteroatoms. The van der Waals surface area contributed by atoms with Gasteiger partial charge in [0.1, 0.15) is 6.20 Å². The van der Waals surface area contributed by atoms with Crippen LogP contribution >= 0.6 is 0 Å². The van der Waals surface area contributed by atoms with Crippen LogP contribution in [0, 0.1) is 6.20 Å². The third kappa shape index (κ3) is 2.48. The Hall–Kier alpha value is -1.09. The smallest absolute Gasteiger partial charge is 0.114 e. The molecule has 3 nitrogen and oxygen atoms in total. The van der Waals surface area contributed by atoms with Crippen molar-refractivity contribution in [3.8, 4) is 0 Å². The highest BCUT2D eigenvalue weighted by Crippen LogP contribution is 2.19. The molecule has 0 aromatic carbocycles. The highest BCUT2D eigenvalue weighted by Gasteiger charge is 2.20. The van der Waals surface area contributed by atoms with Gasteiger partial charge in [-0.1, -0.05) is 0 Å². The first-order valence-corrected chi connectivity index (χ1v) is 5.51. The average Bonchev–Trinajstić information content (AvgIpc) is 2.30. The fourth-order valence-corrected chi connectivity index (χ4v) is 2.12. The standard InChI is InChI=1S/C12H18N3/c1-14(2)11-5-8-15(9-6-11)12-4-3-7-13-10-12/h3-4,7,11H,5-6,8-9H2,1-2H3. The summed E-state index contributed by atoms with van der Waals surface area (Å²) in [4.78, 5) is 8.73. The Labute approximate surface area is 91.7 Å². The summed E-state index contributed by atoms with van der Waals surface area (Å²) in [6, 6.07) is 4.80. The van der Waals surface area contributed by atoms with Gasteiger partial charge >= 0.3 is 0 Å². The van der Waals surface area contributed by atoms with Crippen LogP contribution in [0.2, 0.25) is 0 Å². The van der Waals surface area contributed by atoms with Crippen LogP contribution in [-0.4, -0.2) is 43.1 Å². The van der Waals surface area contributed by atoms with Gasteiger partial charge in [-0.2, -0.15) is 0 Å². The second-order valence-corrected chi connectivity index (χ2v) is 4.32. The van der Waals surface area contributed by atoms with Crippen LogP contribution < -0.4 is 4.90 Å². The Morgan fingerprint density at radius 1 is 1.40 bits per heavy atom. The zero-order chi connectivity index (χ0) is 10.7. The second-order valence-electron chi connectivity index (χ2n) is 4.32. The van der Waals surface area contributed by atoms with Crippen molar-refractivity contribution >= 4 is 5.69 Å². The van der Waals surface area contributed by atoms with Crippen molar-refractivity contribution in [3.63, 3.8) is 0 Å². The minimum absolute atomic E-state index is 0.734. The van der Waals surface area contributed by atoms with Crippen LogP contribution in [0.25, 0.3) is 0 Å². The Morgan fingerprint density at radius 3 is 2.67 bits per heavy atom. The molecule has 0 saturated carbocycles. The molecule has 81 valence electrons. The predicted molar refractivity (Wildman–Crippen MR) is 62.0 cm³/mol. The molecule has 1 fully saturated rings. The van der Waals surface area contributed by atoms with Crippen molar-refractivity contribution in [2.24, 2.45) is 0 Å². The summed E-state index contributed by atoms with van der Waals surface area (Å²) in [6.07, 6.45) is 7.28. The molecule has 0 unspecified atom stereocenters. The Morgan fingerprint density at radius 2 is 2.13 bits per heavy atom. The molecule has 1 radical (unpaired) electrons. The first-order valence-electron chi connectivity index (χ1n) is 5.51. The van der Waals surface area contributed by atoms with Crippen LogP contribution in [0.5, 0.6) is 0 Å². The highest BCUT2D eigenvalue weighted by atomic mass is 15.2. The Balaban J connectivity index is 1.94. The summed E-state index contributed by atoms with van der Waals surface area (Å²) in [5, 5.41) is 0. The van der Waals surface area contributed by atoms with Gasteiger partial charge in [0.05, 0.1) is 5.69 Å². The maximum Gasteiger partial charge on any atom is 0.114 e. The lowest BCUT2D eigenvalue weighted by molar-refractivity contribution is 0.249. The number of pyridine rings is 1. The van der Waals surface area contributed by atoms with E-state index in [1.165, 1.54) is 12.8 Å². The van der Waals surface area contributed by atoms with Gasteiger partial charge in [-0.3, -0.25) is 4.98 Å². The third-order valence-electron chi connectivity index (χ3n) is 3.13. The van der Waals surface area contributed by atoms with Crippen LogP contribution in [0.4, 0.5) is 5.69 Å². The number of hydrogen-bond donors (Lipinski definition) is 0. The van der Waals surface area contributed by atoms with Crippen molar-refractivity contribution < 1.29 is 0 Å². The lowest BCUT2D eigenvalue weighted by Gasteiger charge is -2.36. The third-order valence-corrected chi connectivity index (χ3v) is 3.13. The number of aromatic nitrogens is 1. The van der Waals surface area contributed by atoms with Gasteiger partial charge < -0.3 is 9.80 Å². The van der Waals surface area contributed by atoms with Gasteiger partial charge in [0.25, 0.3) is 0 Å². The largest absolute Gasteiger partial charge is 0.370 e. The number of hydrogen-bond acceptors (Lipinski definition) is 3. The molecular formula is C12H18N3. The second kappa shape index (κ2) is 4.62. The number of piperidine rings is 1. The van der Waals surface area contributed by atoms with Crippen LogP contribution in [0.3, 0.4) is 0 Å². The molecule has 0 bridgehead atoms. The quantitative estimate of drug-likeness (QED) is 0.726. The van der Waals surface area contributed by atoms with Crippen molar-refractivity contribution in [3.05, 3.63) is 24.5 Å². The van der Waals surface area contributed by atoms with E-state index in [1.54, 1.807) is 6.20 Å². The molecule has 1 aliphatic heterocycles. The van der Waals surface area contributed by atoms with Crippen LogP contribution in [0.1, 0.15) is 12.8 Å². The van der Waals surface area contributed by atoms with Crippen molar-refractivity contribution in [1.29, 1.82) is 0 Å². The summed E-state index contributed by atoms with van der Waals surface area (Å²) >= 11 is 0.